The van der Waals surface area contributed by atoms with Crippen LogP contribution in [0.15, 0.2) is 97.1 Å². The minimum absolute atomic E-state index is 0.154. The highest BCUT2D eigenvalue weighted by atomic mass is 16.3. The number of amides is 2. The predicted molar refractivity (Wildman–Crippen MR) is 150 cm³/mol. The van der Waals surface area contributed by atoms with Gasteiger partial charge in [-0.05, 0) is 48.1 Å². The average Bonchev–Trinajstić information content (AvgIpc) is 2.93. The number of aliphatic hydroxyl groups excluding tert-OH is 2. The molecular weight excluding hydrogens is 494 g/mol. The van der Waals surface area contributed by atoms with Crippen LogP contribution in [-0.2, 0) is 28.9 Å². The molecule has 206 valence electrons. The van der Waals surface area contributed by atoms with Crippen LogP contribution in [-0.4, -0.2) is 51.4 Å². The van der Waals surface area contributed by atoms with Gasteiger partial charge in [0.25, 0.3) is 0 Å². The number of aromatic hydroxyl groups is 1. The second-order valence-corrected chi connectivity index (χ2v) is 9.71. The molecule has 0 fully saturated rings. The van der Waals surface area contributed by atoms with Gasteiger partial charge in [-0.2, -0.15) is 0 Å². The van der Waals surface area contributed by atoms with Crippen molar-refractivity contribution < 1.29 is 24.9 Å². The van der Waals surface area contributed by atoms with Gasteiger partial charge in [0.05, 0.1) is 18.1 Å². The Morgan fingerprint density at radius 3 is 1.90 bits per heavy atom. The summed E-state index contributed by atoms with van der Waals surface area (Å²) < 4.78 is 0. The Labute approximate surface area is 229 Å². The molecule has 0 aliphatic rings. The highest BCUT2D eigenvalue weighted by Gasteiger charge is 2.29. The molecule has 8 N–H and O–H groups in total. The number of primary amides is 1. The van der Waals surface area contributed by atoms with Crippen LogP contribution < -0.4 is 16.8 Å². The van der Waals surface area contributed by atoms with Gasteiger partial charge >= 0.3 is 0 Å². The van der Waals surface area contributed by atoms with E-state index in [1.165, 1.54) is 6.08 Å². The first kappa shape index (κ1) is 29.6. The molecule has 8 heteroatoms. The summed E-state index contributed by atoms with van der Waals surface area (Å²) in [6.07, 6.45) is 2.06. The van der Waals surface area contributed by atoms with E-state index in [1.54, 1.807) is 30.3 Å². The van der Waals surface area contributed by atoms with Crippen LogP contribution in [0.2, 0.25) is 0 Å². The van der Waals surface area contributed by atoms with Crippen LogP contribution in [0.5, 0.6) is 5.75 Å². The van der Waals surface area contributed by atoms with Crippen molar-refractivity contribution in [1.82, 2.24) is 5.32 Å². The van der Waals surface area contributed by atoms with Crippen LogP contribution in [0.3, 0.4) is 0 Å². The minimum atomic E-state index is -1.18. The Morgan fingerprint density at radius 1 is 0.795 bits per heavy atom. The first-order chi connectivity index (χ1) is 18.7. The van der Waals surface area contributed by atoms with Gasteiger partial charge in [0.15, 0.2) is 0 Å². The quantitative estimate of drug-likeness (QED) is 0.175. The molecule has 0 saturated heterocycles. The van der Waals surface area contributed by atoms with E-state index in [9.17, 15) is 24.9 Å². The molecule has 0 heterocycles. The predicted octanol–water partition coefficient (Wildman–Crippen LogP) is 2.00. The molecule has 5 atom stereocenters. The Hall–Kier alpha value is -3.98. The Morgan fingerprint density at radius 2 is 1.33 bits per heavy atom. The standard InChI is InChI=1S/C31H37N3O5/c32-26(19-23-14-16-24(35)17-15-23)29(37)13-7-12-28(36)25(18-21-8-3-1-4-9-21)31(39)34-27(30(33)38)20-22-10-5-2-6-11-22/h1-12,14-17,25-29,35-37H,13,18-20,32H2,(H2,33,38)(H,34,39)/b12-7-. The summed E-state index contributed by atoms with van der Waals surface area (Å²) in [6.45, 7) is 0. The summed E-state index contributed by atoms with van der Waals surface area (Å²) in [4.78, 5) is 25.5. The molecule has 0 aliphatic carbocycles. The minimum Gasteiger partial charge on any atom is -0.508 e. The van der Waals surface area contributed by atoms with Gasteiger partial charge in [0.1, 0.15) is 11.8 Å². The zero-order chi connectivity index (χ0) is 28.2. The Balaban J connectivity index is 1.66. The number of aliphatic hydroxyl groups is 2. The number of rotatable bonds is 14. The topological polar surface area (TPSA) is 159 Å². The molecule has 0 spiro atoms. The van der Waals surface area contributed by atoms with Crippen LogP contribution in [0.1, 0.15) is 23.1 Å². The number of hydrogen-bond acceptors (Lipinski definition) is 6. The summed E-state index contributed by atoms with van der Waals surface area (Å²) in [5, 5.41) is 33.6. The SMILES string of the molecule is NC(=O)C(Cc1ccccc1)NC(=O)C(Cc1ccccc1)C(O)/C=C\CC(O)C(N)Cc1ccc(O)cc1. The number of carbonyl (C=O) groups excluding carboxylic acids is 2. The normalized spacial score (nSPS) is 15.3. The third kappa shape index (κ3) is 9.68. The molecule has 0 bridgehead atoms. The van der Waals surface area contributed by atoms with Crippen molar-refractivity contribution in [3.63, 3.8) is 0 Å². The maximum absolute atomic E-state index is 13.3. The fourth-order valence-electron chi connectivity index (χ4n) is 4.29. The highest BCUT2D eigenvalue weighted by molar-refractivity contribution is 5.88. The molecule has 2 amide bonds. The van der Waals surface area contributed by atoms with E-state index in [0.29, 0.717) is 6.42 Å². The monoisotopic (exact) mass is 531 g/mol. The van der Waals surface area contributed by atoms with E-state index >= 15 is 0 Å². The van der Waals surface area contributed by atoms with Crippen molar-refractivity contribution in [3.05, 3.63) is 114 Å². The smallest absolute Gasteiger partial charge is 0.240 e. The van der Waals surface area contributed by atoms with Crippen LogP contribution in [0, 0.1) is 5.92 Å². The van der Waals surface area contributed by atoms with E-state index in [4.69, 9.17) is 11.5 Å². The lowest BCUT2D eigenvalue weighted by molar-refractivity contribution is -0.131. The molecule has 8 nitrogen and oxygen atoms in total. The first-order valence-electron chi connectivity index (χ1n) is 13.0. The van der Waals surface area contributed by atoms with Crippen molar-refractivity contribution in [3.8, 4) is 5.75 Å². The fourth-order valence-corrected chi connectivity index (χ4v) is 4.29. The van der Waals surface area contributed by atoms with Crippen molar-refractivity contribution in [2.75, 3.05) is 0 Å². The molecular formula is C31H37N3O5. The number of carbonyl (C=O) groups is 2. The van der Waals surface area contributed by atoms with Gasteiger partial charge in [0, 0.05) is 12.5 Å². The van der Waals surface area contributed by atoms with Crippen molar-refractivity contribution in [2.45, 2.75) is 50.0 Å². The molecule has 3 aromatic carbocycles. The van der Waals surface area contributed by atoms with Crippen LogP contribution in [0.25, 0.3) is 0 Å². The molecule has 0 saturated carbocycles. The van der Waals surface area contributed by atoms with Gasteiger partial charge < -0.3 is 32.1 Å². The average molecular weight is 532 g/mol. The van der Waals surface area contributed by atoms with Crippen LogP contribution >= 0.6 is 0 Å². The van der Waals surface area contributed by atoms with Crippen LogP contribution in [0.4, 0.5) is 0 Å². The number of nitrogens with two attached hydrogens (primary N) is 2. The van der Waals surface area contributed by atoms with Crippen molar-refractivity contribution >= 4 is 11.8 Å². The number of phenols is 1. The molecule has 0 radical (unpaired) electrons. The summed E-state index contributed by atoms with van der Waals surface area (Å²) in [5.41, 5.74) is 14.3. The second kappa shape index (κ2) is 14.8. The third-order valence-corrected chi connectivity index (χ3v) is 6.60. The molecule has 3 aromatic rings. The lowest BCUT2D eigenvalue weighted by atomic mass is 9.91. The highest BCUT2D eigenvalue weighted by Crippen LogP contribution is 2.17. The molecule has 3 rings (SSSR count). The first-order valence-corrected chi connectivity index (χ1v) is 13.0. The van der Waals surface area contributed by atoms with E-state index in [1.807, 2.05) is 60.7 Å². The molecule has 0 aliphatic heterocycles. The van der Waals surface area contributed by atoms with Gasteiger partial charge in [-0.3, -0.25) is 9.59 Å². The zero-order valence-corrected chi connectivity index (χ0v) is 21.8. The Kier molecular flexibility index (Phi) is 11.2. The van der Waals surface area contributed by atoms with Crippen molar-refractivity contribution in [1.29, 1.82) is 0 Å². The molecule has 39 heavy (non-hydrogen) atoms. The number of nitrogens with one attached hydrogen (secondary N) is 1. The summed E-state index contributed by atoms with van der Waals surface area (Å²) in [7, 11) is 0. The van der Waals surface area contributed by atoms with E-state index in [-0.39, 0.29) is 25.0 Å². The maximum atomic E-state index is 13.3. The number of hydrogen-bond donors (Lipinski definition) is 6. The second-order valence-electron chi connectivity index (χ2n) is 9.71. The molecule has 5 unspecified atom stereocenters. The number of benzene rings is 3. The lowest BCUT2D eigenvalue weighted by Gasteiger charge is -2.24. The maximum Gasteiger partial charge on any atom is 0.240 e. The number of phenolic OH excluding ortho intramolecular Hbond substituents is 1. The van der Waals surface area contributed by atoms with Gasteiger partial charge in [-0.15, -0.1) is 0 Å². The molecule has 0 aromatic heterocycles. The summed E-state index contributed by atoms with van der Waals surface area (Å²) in [6, 6.07) is 23.6. The van der Waals surface area contributed by atoms with Gasteiger partial charge in [-0.25, -0.2) is 0 Å². The van der Waals surface area contributed by atoms with E-state index in [2.05, 4.69) is 5.32 Å². The van der Waals surface area contributed by atoms with Gasteiger partial charge in [-0.1, -0.05) is 84.9 Å². The van der Waals surface area contributed by atoms with E-state index in [0.717, 1.165) is 16.7 Å². The van der Waals surface area contributed by atoms with Gasteiger partial charge in [0.2, 0.25) is 11.8 Å². The Bertz CT molecular complexity index is 1200. The summed E-state index contributed by atoms with van der Waals surface area (Å²) in [5.74, 6) is -1.91. The largest absolute Gasteiger partial charge is 0.508 e. The fraction of sp³-hybridized carbons (Fsp3) is 0.290. The summed E-state index contributed by atoms with van der Waals surface area (Å²) >= 11 is 0. The van der Waals surface area contributed by atoms with E-state index < -0.39 is 42.0 Å². The zero-order valence-electron chi connectivity index (χ0n) is 21.8. The van der Waals surface area contributed by atoms with Crippen molar-refractivity contribution in [2.24, 2.45) is 17.4 Å². The third-order valence-electron chi connectivity index (χ3n) is 6.60. The lowest BCUT2D eigenvalue weighted by Crippen LogP contribution is -2.50.